The third-order valence-electron chi connectivity index (χ3n) is 2.76. The fourth-order valence-corrected chi connectivity index (χ4v) is 1.46. The van der Waals surface area contributed by atoms with Gasteiger partial charge in [-0.2, -0.15) is 0 Å². The lowest BCUT2D eigenvalue weighted by atomic mass is 10.0. The number of nitrogens with one attached hydrogen (secondary N) is 1. The molecule has 0 aromatic carbocycles. The summed E-state index contributed by atoms with van der Waals surface area (Å²) in [6.45, 7) is 4.73. The van der Waals surface area contributed by atoms with Gasteiger partial charge in [0.15, 0.2) is 0 Å². The number of aryl methyl sites for hydroxylation is 1. The van der Waals surface area contributed by atoms with E-state index in [2.05, 4.69) is 28.9 Å². The quantitative estimate of drug-likeness (QED) is 0.756. The molecule has 16 heavy (non-hydrogen) atoms. The van der Waals surface area contributed by atoms with Crippen LogP contribution >= 0.6 is 0 Å². The van der Waals surface area contributed by atoms with E-state index in [4.69, 9.17) is 0 Å². The van der Waals surface area contributed by atoms with Gasteiger partial charge in [-0.1, -0.05) is 0 Å². The van der Waals surface area contributed by atoms with Crippen molar-refractivity contribution in [2.75, 3.05) is 14.2 Å². The largest absolute Gasteiger partial charge is 0.469 e. The van der Waals surface area contributed by atoms with Crippen LogP contribution < -0.4 is 5.32 Å². The topological polar surface area (TPSA) is 56.2 Å². The fraction of sp³-hybridized carbons (Fsp3) is 0.636. The Hall–Kier alpha value is -1.36. The maximum atomic E-state index is 11.1. The van der Waals surface area contributed by atoms with E-state index < -0.39 is 0 Å². The highest BCUT2D eigenvalue weighted by atomic mass is 16.5. The zero-order valence-corrected chi connectivity index (χ0v) is 10.3. The number of methoxy groups -OCH3 is 1. The highest BCUT2D eigenvalue weighted by molar-refractivity contribution is 5.68. The monoisotopic (exact) mass is 225 g/mol. The molecule has 1 N–H and O–H groups in total. The molecule has 0 fully saturated rings. The summed E-state index contributed by atoms with van der Waals surface area (Å²) >= 11 is 0. The molecule has 0 spiro atoms. The number of hydrogen-bond acceptors (Lipinski definition) is 4. The standard InChI is InChI=1S/C11H19N3O2/c1-11(2,12-3)9-7-13-8-14(9)6-5-10(15)16-4/h7-8,12H,5-6H2,1-4H3. The van der Waals surface area contributed by atoms with Crippen LogP contribution in [0.5, 0.6) is 0 Å². The maximum absolute atomic E-state index is 11.1. The van der Waals surface area contributed by atoms with E-state index in [0.717, 1.165) is 5.69 Å². The van der Waals surface area contributed by atoms with E-state index in [1.807, 2.05) is 17.8 Å². The molecule has 1 aromatic rings. The lowest BCUT2D eigenvalue weighted by Crippen LogP contribution is -2.35. The molecule has 0 aliphatic rings. The van der Waals surface area contributed by atoms with Crippen molar-refractivity contribution in [3.05, 3.63) is 18.2 Å². The smallest absolute Gasteiger partial charge is 0.307 e. The zero-order chi connectivity index (χ0) is 12.2. The average molecular weight is 225 g/mol. The Balaban J connectivity index is 2.75. The van der Waals surface area contributed by atoms with Crippen molar-refractivity contribution >= 4 is 5.97 Å². The lowest BCUT2D eigenvalue weighted by molar-refractivity contribution is -0.140. The number of nitrogens with zero attached hydrogens (tertiary/aromatic N) is 2. The molecule has 90 valence electrons. The number of carbonyl (C=O) groups is 1. The van der Waals surface area contributed by atoms with Gasteiger partial charge >= 0.3 is 5.97 Å². The van der Waals surface area contributed by atoms with Crippen molar-refractivity contribution < 1.29 is 9.53 Å². The second-order valence-electron chi connectivity index (χ2n) is 4.17. The summed E-state index contributed by atoms with van der Waals surface area (Å²) in [5, 5.41) is 3.21. The fourth-order valence-electron chi connectivity index (χ4n) is 1.46. The molecule has 0 atom stereocenters. The predicted molar refractivity (Wildman–Crippen MR) is 60.9 cm³/mol. The Morgan fingerprint density at radius 3 is 2.88 bits per heavy atom. The van der Waals surface area contributed by atoms with Crippen molar-refractivity contribution in [2.24, 2.45) is 0 Å². The van der Waals surface area contributed by atoms with Crippen molar-refractivity contribution in [1.82, 2.24) is 14.9 Å². The first-order chi connectivity index (χ1) is 7.51. The molecule has 0 unspecified atom stereocenters. The normalized spacial score (nSPS) is 11.5. The molecule has 1 aromatic heterocycles. The first kappa shape index (κ1) is 12.7. The van der Waals surface area contributed by atoms with Crippen LogP contribution in [0.3, 0.4) is 0 Å². The van der Waals surface area contributed by atoms with Crippen molar-refractivity contribution in [3.63, 3.8) is 0 Å². The summed E-state index contributed by atoms with van der Waals surface area (Å²) in [5.74, 6) is -0.207. The van der Waals surface area contributed by atoms with Gasteiger partial charge in [0.05, 0.1) is 31.1 Å². The van der Waals surface area contributed by atoms with E-state index in [9.17, 15) is 4.79 Å². The second-order valence-corrected chi connectivity index (χ2v) is 4.17. The Kier molecular flexibility index (Phi) is 4.06. The summed E-state index contributed by atoms with van der Waals surface area (Å²) in [5.41, 5.74) is 0.894. The van der Waals surface area contributed by atoms with Crippen LogP contribution in [-0.4, -0.2) is 29.7 Å². The van der Waals surface area contributed by atoms with Gasteiger partial charge in [-0.15, -0.1) is 0 Å². The van der Waals surface area contributed by atoms with E-state index in [0.29, 0.717) is 13.0 Å². The van der Waals surface area contributed by atoms with Gasteiger partial charge in [0.25, 0.3) is 0 Å². The molecule has 0 bridgehead atoms. The summed E-state index contributed by atoms with van der Waals surface area (Å²) in [6.07, 6.45) is 3.91. The molecular formula is C11H19N3O2. The molecule has 5 heteroatoms. The van der Waals surface area contributed by atoms with Crippen LogP contribution in [0.1, 0.15) is 26.0 Å². The van der Waals surface area contributed by atoms with Gasteiger partial charge in [0, 0.05) is 12.7 Å². The molecule has 0 aliphatic carbocycles. The number of ether oxygens (including phenoxy) is 1. The van der Waals surface area contributed by atoms with E-state index in [-0.39, 0.29) is 11.5 Å². The number of aromatic nitrogens is 2. The summed E-state index contributed by atoms with van der Waals surface area (Å²) in [4.78, 5) is 15.2. The zero-order valence-electron chi connectivity index (χ0n) is 10.3. The van der Waals surface area contributed by atoms with Crippen LogP contribution in [0.15, 0.2) is 12.5 Å². The summed E-state index contributed by atoms with van der Waals surface area (Å²) in [6, 6.07) is 0. The molecule has 1 rings (SSSR count). The predicted octanol–water partition coefficient (Wildman–Crippen LogP) is 0.901. The highest BCUT2D eigenvalue weighted by Crippen LogP contribution is 2.19. The molecule has 0 radical (unpaired) electrons. The molecule has 0 aliphatic heterocycles. The molecule has 0 saturated heterocycles. The average Bonchev–Trinajstić information content (AvgIpc) is 2.74. The van der Waals surface area contributed by atoms with Gasteiger partial charge in [-0.05, 0) is 20.9 Å². The van der Waals surface area contributed by atoms with Crippen LogP contribution in [0.25, 0.3) is 0 Å². The number of esters is 1. The SMILES string of the molecule is CNC(C)(C)c1cncn1CCC(=O)OC. The first-order valence-electron chi connectivity index (χ1n) is 5.27. The van der Waals surface area contributed by atoms with Crippen molar-refractivity contribution in [2.45, 2.75) is 32.4 Å². The van der Waals surface area contributed by atoms with Gasteiger partial charge in [0.1, 0.15) is 0 Å². The number of rotatable bonds is 5. The van der Waals surface area contributed by atoms with Crippen molar-refractivity contribution in [1.29, 1.82) is 0 Å². The van der Waals surface area contributed by atoms with Crippen LogP contribution in [0.4, 0.5) is 0 Å². The van der Waals surface area contributed by atoms with Gasteiger partial charge in [-0.3, -0.25) is 4.79 Å². The summed E-state index contributed by atoms with van der Waals surface area (Å²) in [7, 11) is 3.30. The highest BCUT2D eigenvalue weighted by Gasteiger charge is 2.22. The number of imidazole rings is 1. The van der Waals surface area contributed by atoms with E-state index >= 15 is 0 Å². The van der Waals surface area contributed by atoms with Gasteiger partial charge < -0.3 is 14.6 Å². The van der Waals surface area contributed by atoms with Crippen LogP contribution in [0.2, 0.25) is 0 Å². The van der Waals surface area contributed by atoms with E-state index in [1.54, 1.807) is 6.33 Å². The lowest BCUT2D eigenvalue weighted by Gasteiger charge is -2.25. The first-order valence-corrected chi connectivity index (χ1v) is 5.27. The third-order valence-corrected chi connectivity index (χ3v) is 2.76. The van der Waals surface area contributed by atoms with Gasteiger partial charge in [-0.25, -0.2) is 4.98 Å². The molecule has 0 saturated carbocycles. The maximum Gasteiger partial charge on any atom is 0.307 e. The Labute approximate surface area is 95.8 Å². The van der Waals surface area contributed by atoms with E-state index in [1.165, 1.54) is 7.11 Å². The Morgan fingerprint density at radius 1 is 1.62 bits per heavy atom. The molecule has 5 nitrogen and oxygen atoms in total. The summed E-state index contributed by atoms with van der Waals surface area (Å²) < 4.78 is 6.58. The number of hydrogen-bond donors (Lipinski definition) is 1. The second kappa shape index (κ2) is 5.12. The van der Waals surface area contributed by atoms with Gasteiger partial charge in [0.2, 0.25) is 0 Å². The van der Waals surface area contributed by atoms with Crippen LogP contribution in [0, 0.1) is 0 Å². The molecule has 1 heterocycles. The van der Waals surface area contributed by atoms with Crippen molar-refractivity contribution in [3.8, 4) is 0 Å². The minimum absolute atomic E-state index is 0.160. The molecule has 0 amide bonds. The molecular weight excluding hydrogens is 206 g/mol. The Morgan fingerprint density at radius 2 is 2.31 bits per heavy atom. The third kappa shape index (κ3) is 2.82. The number of carbonyl (C=O) groups excluding carboxylic acids is 1. The minimum Gasteiger partial charge on any atom is -0.469 e. The Bertz CT molecular complexity index is 358. The van der Waals surface area contributed by atoms with Crippen LogP contribution in [-0.2, 0) is 21.6 Å². The minimum atomic E-state index is -0.207.